The number of hydrogen-bond donors (Lipinski definition) is 1. The molecule has 19 heavy (non-hydrogen) atoms. The lowest BCUT2D eigenvalue weighted by Crippen LogP contribution is -2.14. The molecule has 1 aliphatic heterocycles. The van der Waals surface area contributed by atoms with Gasteiger partial charge in [-0.15, -0.1) is 0 Å². The van der Waals surface area contributed by atoms with Gasteiger partial charge in [-0.05, 0) is 45.9 Å². The predicted octanol–water partition coefficient (Wildman–Crippen LogP) is 3.41. The third-order valence-corrected chi connectivity index (χ3v) is 4.31. The number of benzene rings is 2. The van der Waals surface area contributed by atoms with E-state index in [2.05, 4.69) is 28.7 Å². The molecule has 2 N–H and O–H groups in total. The van der Waals surface area contributed by atoms with Gasteiger partial charge in [0.15, 0.2) is 0 Å². The Morgan fingerprint density at radius 3 is 2.84 bits per heavy atom. The fourth-order valence-corrected chi connectivity index (χ4v) is 3.22. The molecule has 2 nitrogen and oxygen atoms in total. The molecule has 0 radical (unpaired) electrons. The van der Waals surface area contributed by atoms with Crippen molar-refractivity contribution in [3.63, 3.8) is 0 Å². The summed E-state index contributed by atoms with van der Waals surface area (Å²) in [5.41, 5.74) is 9.43. The summed E-state index contributed by atoms with van der Waals surface area (Å²) >= 11 is 2.12. The van der Waals surface area contributed by atoms with Gasteiger partial charge in [-0.3, -0.25) is 0 Å². The maximum absolute atomic E-state index is 13.2. The van der Waals surface area contributed by atoms with Crippen molar-refractivity contribution in [2.45, 2.75) is 12.5 Å². The predicted molar refractivity (Wildman–Crippen MR) is 80.8 cm³/mol. The summed E-state index contributed by atoms with van der Waals surface area (Å²) in [6.07, 6.45) is 0.927. The molecular weight excluding hydrogens is 356 g/mol. The van der Waals surface area contributed by atoms with E-state index in [4.69, 9.17) is 10.5 Å². The number of fused-ring (bicyclic) bond motifs is 1. The van der Waals surface area contributed by atoms with Crippen molar-refractivity contribution in [1.29, 1.82) is 0 Å². The summed E-state index contributed by atoms with van der Waals surface area (Å²) in [6.45, 7) is 0.708. The van der Waals surface area contributed by atoms with E-state index in [1.165, 1.54) is 17.7 Å². The maximum atomic E-state index is 13.2. The first-order chi connectivity index (χ1) is 9.16. The summed E-state index contributed by atoms with van der Waals surface area (Å²) in [5.74, 6) is 0.657. The number of halogens is 2. The summed E-state index contributed by atoms with van der Waals surface area (Å²) in [5, 5.41) is 0. The van der Waals surface area contributed by atoms with Gasteiger partial charge >= 0.3 is 0 Å². The molecule has 0 saturated carbocycles. The quantitative estimate of drug-likeness (QED) is 0.824. The molecule has 0 aromatic heterocycles. The van der Waals surface area contributed by atoms with Gasteiger partial charge < -0.3 is 10.5 Å². The first-order valence-corrected chi connectivity index (χ1v) is 7.20. The average Bonchev–Trinajstić information content (AvgIpc) is 2.86. The van der Waals surface area contributed by atoms with Crippen LogP contribution >= 0.6 is 22.6 Å². The molecule has 0 spiro atoms. The minimum Gasteiger partial charge on any atom is -0.493 e. The molecule has 0 saturated heterocycles. The molecule has 2 aromatic carbocycles. The number of nitrogens with two attached hydrogens (primary N) is 1. The van der Waals surface area contributed by atoms with E-state index in [9.17, 15) is 4.39 Å². The van der Waals surface area contributed by atoms with E-state index in [0.717, 1.165) is 26.9 Å². The zero-order valence-electron chi connectivity index (χ0n) is 10.2. The van der Waals surface area contributed by atoms with Crippen LogP contribution in [0.5, 0.6) is 5.75 Å². The van der Waals surface area contributed by atoms with Crippen LogP contribution in [0.2, 0.25) is 0 Å². The number of ether oxygens (including phenoxy) is 1. The van der Waals surface area contributed by atoms with Crippen LogP contribution in [0.1, 0.15) is 22.7 Å². The molecule has 2 aromatic rings. The lowest BCUT2D eigenvalue weighted by Gasteiger charge is -2.17. The maximum Gasteiger partial charge on any atom is 0.127 e. The Kier molecular flexibility index (Phi) is 3.45. The van der Waals surface area contributed by atoms with E-state index in [-0.39, 0.29) is 11.9 Å². The molecule has 0 aliphatic carbocycles. The first kappa shape index (κ1) is 12.9. The number of hydrogen-bond acceptors (Lipinski definition) is 2. The lowest BCUT2D eigenvalue weighted by atomic mass is 9.96. The van der Waals surface area contributed by atoms with Gasteiger partial charge in [0.05, 0.1) is 12.6 Å². The summed E-state index contributed by atoms with van der Waals surface area (Å²) in [4.78, 5) is 0. The summed E-state index contributed by atoms with van der Waals surface area (Å²) in [7, 11) is 0. The third-order valence-electron chi connectivity index (χ3n) is 3.38. The molecule has 0 amide bonds. The number of para-hydroxylation sites is 1. The van der Waals surface area contributed by atoms with Crippen molar-refractivity contribution < 1.29 is 9.13 Å². The van der Waals surface area contributed by atoms with Crippen molar-refractivity contribution in [3.8, 4) is 5.75 Å². The van der Waals surface area contributed by atoms with Crippen LogP contribution in [0, 0.1) is 9.39 Å². The van der Waals surface area contributed by atoms with Gasteiger partial charge in [-0.25, -0.2) is 4.39 Å². The van der Waals surface area contributed by atoms with Gasteiger partial charge in [0.2, 0.25) is 0 Å². The van der Waals surface area contributed by atoms with Gasteiger partial charge in [0.1, 0.15) is 11.6 Å². The highest BCUT2D eigenvalue weighted by atomic mass is 127. The highest BCUT2D eigenvalue weighted by Crippen LogP contribution is 2.36. The van der Waals surface area contributed by atoms with Crippen LogP contribution in [0.25, 0.3) is 0 Å². The zero-order chi connectivity index (χ0) is 13.4. The molecule has 1 heterocycles. The highest BCUT2D eigenvalue weighted by molar-refractivity contribution is 14.1. The fraction of sp³-hybridized carbons (Fsp3) is 0.200. The Labute approximate surface area is 124 Å². The standard InChI is InChI=1S/C15H13FINO/c16-10-4-5-11(13(17)8-10)14(18)12-3-1-2-9-6-7-19-15(9)12/h1-5,8,14H,6-7,18H2. The van der Waals surface area contributed by atoms with Crippen LogP contribution in [0.4, 0.5) is 4.39 Å². The molecule has 1 atom stereocenters. The second kappa shape index (κ2) is 5.09. The van der Waals surface area contributed by atoms with E-state index < -0.39 is 0 Å². The number of rotatable bonds is 2. The van der Waals surface area contributed by atoms with Crippen molar-refractivity contribution in [2.75, 3.05) is 6.61 Å². The van der Waals surface area contributed by atoms with Crippen LogP contribution in [-0.4, -0.2) is 6.61 Å². The Balaban J connectivity index is 2.05. The Hall–Kier alpha value is -1.14. The van der Waals surface area contributed by atoms with Gasteiger partial charge in [0.25, 0.3) is 0 Å². The molecular formula is C15H13FINO. The molecule has 1 unspecified atom stereocenters. The highest BCUT2D eigenvalue weighted by Gasteiger charge is 2.22. The van der Waals surface area contributed by atoms with Crippen molar-refractivity contribution >= 4 is 22.6 Å². The topological polar surface area (TPSA) is 35.2 Å². The van der Waals surface area contributed by atoms with E-state index in [0.29, 0.717) is 6.61 Å². The van der Waals surface area contributed by atoms with Gasteiger partial charge in [0, 0.05) is 15.6 Å². The summed E-state index contributed by atoms with van der Waals surface area (Å²) < 4.78 is 19.7. The molecule has 98 valence electrons. The zero-order valence-corrected chi connectivity index (χ0v) is 12.4. The normalized spacial score (nSPS) is 14.9. The molecule has 1 aliphatic rings. The van der Waals surface area contributed by atoms with Gasteiger partial charge in [-0.1, -0.05) is 24.3 Å². The third kappa shape index (κ3) is 2.34. The van der Waals surface area contributed by atoms with E-state index in [1.807, 2.05) is 12.1 Å². The average molecular weight is 369 g/mol. The second-order valence-electron chi connectivity index (χ2n) is 4.58. The van der Waals surface area contributed by atoms with Crippen LogP contribution < -0.4 is 10.5 Å². The van der Waals surface area contributed by atoms with E-state index >= 15 is 0 Å². The van der Waals surface area contributed by atoms with Crippen LogP contribution in [0.15, 0.2) is 36.4 Å². The largest absolute Gasteiger partial charge is 0.493 e. The van der Waals surface area contributed by atoms with Crippen molar-refractivity contribution in [2.24, 2.45) is 5.73 Å². The Bertz CT molecular complexity index is 630. The van der Waals surface area contributed by atoms with E-state index in [1.54, 1.807) is 6.07 Å². The van der Waals surface area contributed by atoms with Crippen molar-refractivity contribution in [1.82, 2.24) is 0 Å². The second-order valence-corrected chi connectivity index (χ2v) is 5.74. The van der Waals surface area contributed by atoms with Crippen molar-refractivity contribution in [3.05, 3.63) is 62.5 Å². The monoisotopic (exact) mass is 369 g/mol. The first-order valence-electron chi connectivity index (χ1n) is 6.12. The smallest absolute Gasteiger partial charge is 0.127 e. The summed E-state index contributed by atoms with van der Waals surface area (Å²) in [6, 6.07) is 10.4. The fourth-order valence-electron chi connectivity index (χ4n) is 2.41. The van der Waals surface area contributed by atoms with Crippen LogP contribution in [-0.2, 0) is 6.42 Å². The van der Waals surface area contributed by atoms with Gasteiger partial charge in [-0.2, -0.15) is 0 Å². The Morgan fingerprint density at radius 1 is 1.21 bits per heavy atom. The Morgan fingerprint density at radius 2 is 2.05 bits per heavy atom. The molecule has 4 heteroatoms. The molecule has 0 fully saturated rings. The lowest BCUT2D eigenvalue weighted by molar-refractivity contribution is 0.352. The minimum absolute atomic E-state index is 0.241. The minimum atomic E-state index is -0.291. The van der Waals surface area contributed by atoms with Crippen LogP contribution in [0.3, 0.4) is 0 Å². The molecule has 0 bridgehead atoms. The molecule has 3 rings (SSSR count). The SMILES string of the molecule is NC(c1ccc(F)cc1I)c1cccc2c1OCC2.